The van der Waals surface area contributed by atoms with Gasteiger partial charge in [-0.25, -0.2) is 0 Å². The third kappa shape index (κ3) is 2.60. The van der Waals surface area contributed by atoms with Gasteiger partial charge in [0.05, 0.1) is 6.04 Å². The van der Waals surface area contributed by atoms with Crippen molar-refractivity contribution in [2.75, 3.05) is 6.54 Å². The molecule has 0 spiro atoms. The highest BCUT2D eigenvalue weighted by Gasteiger charge is 2.31. The Morgan fingerprint density at radius 1 is 1.35 bits per heavy atom. The fourth-order valence-corrected chi connectivity index (χ4v) is 3.60. The molecule has 1 N–H and O–H groups in total. The third-order valence-corrected chi connectivity index (χ3v) is 4.75. The lowest BCUT2D eigenvalue weighted by Gasteiger charge is -2.25. The van der Waals surface area contributed by atoms with Gasteiger partial charge in [-0.3, -0.25) is 0 Å². The first kappa shape index (κ1) is 13.7. The molecule has 2 heterocycles. The van der Waals surface area contributed by atoms with E-state index in [-0.39, 0.29) is 12.1 Å². The third-order valence-electron chi connectivity index (χ3n) is 3.89. The topological polar surface area (TPSA) is 21.3 Å². The van der Waals surface area contributed by atoms with Gasteiger partial charge < -0.3 is 10.1 Å². The molecule has 3 rings (SSSR count). The van der Waals surface area contributed by atoms with E-state index in [2.05, 4.69) is 48.8 Å². The molecule has 0 fully saturated rings. The first-order chi connectivity index (χ1) is 9.79. The summed E-state index contributed by atoms with van der Waals surface area (Å²) < 4.78 is 6.19. The van der Waals surface area contributed by atoms with Gasteiger partial charge in [-0.15, -0.1) is 11.3 Å². The maximum atomic E-state index is 6.19. The van der Waals surface area contributed by atoms with Gasteiger partial charge in [-0.1, -0.05) is 25.1 Å². The van der Waals surface area contributed by atoms with E-state index in [9.17, 15) is 0 Å². The predicted octanol–water partition coefficient (Wildman–Crippen LogP) is 4.10. The molecular formula is C17H21NOS. The number of ether oxygens (including phenoxy) is 1. The summed E-state index contributed by atoms with van der Waals surface area (Å²) in [6.07, 6.45) is 2.33. The molecule has 3 heteroatoms. The van der Waals surface area contributed by atoms with Crippen LogP contribution in [0, 0.1) is 6.92 Å². The molecule has 1 aromatic carbocycles. The SMILES string of the molecule is CCCNC(c1ccsc1C)C1Cc2ccccc2O1. The molecule has 2 nitrogen and oxygen atoms in total. The molecular weight excluding hydrogens is 266 g/mol. The number of fused-ring (bicyclic) bond motifs is 1. The Bertz CT molecular complexity index is 553. The molecule has 0 radical (unpaired) electrons. The molecule has 0 amide bonds. The van der Waals surface area contributed by atoms with Crippen LogP contribution in [0.1, 0.15) is 35.4 Å². The van der Waals surface area contributed by atoms with E-state index in [0.717, 1.165) is 25.1 Å². The van der Waals surface area contributed by atoms with Crippen molar-refractivity contribution in [2.24, 2.45) is 0 Å². The van der Waals surface area contributed by atoms with E-state index in [4.69, 9.17) is 4.74 Å². The van der Waals surface area contributed by atoms with Gasteiger partial charge in [-0.2, -0.15) is 0 Å². The summed E-state index contributed by atoms with van der Waals surface area (Å²) in [5.41, 5.74) is 2.72. The molecule has 0 aliphatic carbocycles. The van der Waals surface area contributed by atoms with Crippen LogP contribution in [0.3, 0.4) is 0 Å². The molecule has 1 aromatic heterocycles. The van der Waals surface area contributed by atoms with E-state index in [1.54, 1.807) is 0 Å². The zero-order valence-electron chi connectivity index (χ0n) is 12.1. The van der Waals surface area contributed by atoms with E-state index in [1.807, 2.05) is 17.4 Å². The minimum atomic E-state index is 0.201. The minimum absolute atomic E-state index is 0.201. The number of hydrogen-bond donors (Lipinski definition) is 1. The standard InChI is InChI=1S/C17H21NOS/c1-3-9-18-17(14-8-10-20-12(14)2)16-11-13-6-4-5-7-15(13)19-16/h4-8,10,16-18H,3,9,11H2,1-2H3. The first-order valence-corrected chi connectivity index (χ1v) is 8.19. The van der Waals surface area contributed by atoms with Crippen LogP contribution in [0.4, 0.5) is 0 Å². The fraction of sp³-hybridized carbons (Fsp3) is 0.412. The molecule has 0 saturated carbocycles. The molecule has 1 aliphatic rings. The minimum Gasteiger partial charge on any atom is -0.488 e. The van der Waals surface area contributed by atoms with Crippen LogP contribution in [0.5, 0.6) is 5.75 Å². The Morgan fingerprint density at radius 2 is 2.20 bits per heavy atom. The lowest BCUT2D eigenvalue weighted by atomic mass is 9.98. The zero-order valence-corrected chi connectivity index (χ0v) is 12.9. The molecule has 2 aromatic rings. The van der Waals surface area contributed by atoms with Gasteiger partial charge >= 0.3 is 0 Å². The lowest BCUT2D eigenvalue weighted by molar-refractivity contribution is 0.178. The fourth-order valence-electron chi connectivity index (χ4n) is 2.85. The van der Waals surface area contributed by atoms with Crippen LogP contribution in [0.25, 0.3) is 0 Å². The molecule has 0 bridgehead atoms. The smallest absolute Gasteiger partial charge is 0.123 e. The second kappa shape index (κ2) is 5.98. The van der Waals surface area contributed by atoms with Gasteiger partial charge in [0.1, 0.15) is 11.9 Å². The normalized spacial score (nSPS) is 18.6. The van der Waals surface area contributed by atoms with Crippen LogP contribution in [-0.2, 0) is 6.42 Å². The first-order valence-electron chi connectivity index (χ1n) is 7.31. The summed E-state index contributed by atoms with van der Waals surface area (Å²) in [7, 11) is 0. The summed E-state index contributed by atoms with van der Waals surface area (Å²) >= 11 is 1.81. The van der Waals surface area contributed by atoms with Crippen LogP contribution in [0.15, 0.2) is 35.7 Å². The summed E-state index contributed by atoms with van der Waals surface area (Å²) in [4.78, 5) is 1.39. The number of hydrogen-bond acceptors (Lipinski definition) is 3. The van der Waals surface area contributed by atoms with Crippen molar-refractivity contribution in [2.45, 2.75) is 38.8 Å². The number of thiophene rings is 1. The van der Waals surface area contributed by atoms with Gasteiger partial charge in [0.2, 0.25) is 0 Å². The molecule has 20 heavy (non-hydrogen) atoms. The highest BCUT2D eigenvalue weighted by Crippen LogP contribution is 2.35. The van der Waals surface area contributed by atoms with Crippen molar-refractivity contribution in [1.82, 2.24) is 5.32 Å². The summed E-state index contributed by atoms with van der Waals surface area (Å²) in [6, 6.07) is 10.9. The Balaban J connectivity index is 1.83. The van der Waals surface area contributed by atoms with Gasteiger partial charge in [0.15, 0.2) is 0 Å². The largest absolute Gasteiger partial charge is 0.488 e. The highest BCUT2D eigenvalue weighted by molar-refractivity contribution is 7.10. The van der Waals surface area contributed by atoms with Gasteiger partial charge in [-0.05, 0) is 48.5 Å². The lowest BCUT2D eigenvalue weighted by Crippen LogP contribution is -2.35. The molecule has 0 saturated heterocycles. The second-order valence-electron chi connectivity index (χ2n) is 5.33. The summed E-state index contributed by atoms with van der Waals surface area (Å²) in [6.45, 7) is 5.42. The van der Waals surface area contributed by atoms with Crippen LogP contribution in [-0.4, -0.2) is 12.6 Å². The Labute approximate surface area is 124 Å². The van der Waals surface area contributed by atoms with Crippen molar-refractivity contribution < 1.29 is 4.74 Å². The van der Waals surface area contributed by atoms with Gasteiger partial charge in [0.25, 0.3) is 0 Å². The number of para-hydroxylation sites is 1. The molecule has 1 aliphatic heterocycles. The number of benzene rings is 1. The summed E-state index contributed by atoms with van der Waals surface area (Å²) in [5, 5.41) is 5.85. The average molecular weight is 287 g/mol. The van der Waals surface area contributed by atoms with Crippen molar-refractivity contribution >= 4 is 11.3 Å². The number of rotatable bonds is 5. The Kier molecular flexibility index (Phi) is 4.08. The van der Waals surface area contributed by atoms with Crippen molar-refractivity contribution in [3.05, 3.63) is 51.7 Å². The average Bonchev–Trinajstić information content (AvgIpc) is 3.06. The molecule has 2 unspecified atom stereocenters. The van der Waals surface area contributed by atoms with Crippen molar-refractivity contribution in [1.29, 1.82) is 0 Å². The van der Waals surface area contributed by atoms with E-state index < -0.39 is 0 Å². The van der Waals surface area contributed by atoms with Crippen LogP contribution >= 0.6 is 11.3 Å². The molecule has 2 atom stereocenters. The Morgan fingerprint density at radius 3 is 2.90 bits per heavy atom. The summed E-state index contributed by atoms with van der Waals surface area (Å²) in [5.74, 6) is 1.05. The van der Waals surface area contributed by atoms with E-state index >= 15 is 0 Å². The van der Waals surface area contributed by atoms with Crippen LogP contribution in [0.2, 0.25) is 0 Å². The Hall–Kier alpha value is -1.32. The number of aryl methyl sites for hydroxylation is 1. The van der Waals surface area contributed by atoms with Crippen molar-refractivity contribution in [3.8, 4) is 5.75 Å². The monoisotopic (exact) mass is 287 g/mol. The van der Waals surface area contributed by atoms with Gasteiger partial charge in [0, 0.05) is 11.3 Å². The number of nitrogens with one attached hydrogen (secondary N) is 1. The van der Waals surface area contributed by atoms with Crippen molar-refractivity contribution in [3.63, 3.8) is 0 Å². The predicted molar refractivity (Wildman–Crippen MR) is 84.7 cm³/mol. The van der Waals surface area contributed by atoms with Crippen LogP contribution < -0.4 is 10.1 Å². The molecule has 106 valence electrons. The maximum absolute atomic E-state index is 6.19. The highest BCUT2D eigenvalue weighted by atomic mass is 32.1. The quantitative estimate of drug-likeness (QED) is 0.894. The maximum Gasteiger partial charge on any atom is 0.123 e. The second-order valence-corrected chi connectivity index (χ2v) is 6.45. The van der Waals surface area contributed by atoms with E-state index in [1.165, 1.54) is 16.0 Å². The van der Waals surface area contributed by atoms with E-state index in [0.29, 0.717) is 0 Å². The zero-order chi connectivity index (χ0) is 13.9.